The number of alkyl halides is 2. The van der Waals surface area contributed by atoms with Crippen molar-refractivity contribution < 1.29 is 8.42 Å². The summed E-state index contributed by atoms with van der Waals surface area (Å²) in [6.07, 6.45) is 0.435. The van der Waals surface area contributed by atoms with Gasteiger partial charge in [-0.3, -0.25) is 0 Å². The van der Waals surface area contributed by atoms with Gasteiger partial charge in [-0.2, -0.15) is 0 Å². The van der Waals surface area contributed by atoms with E-state index in [9.17, 15) is 8.42 Å². The molecule has 2 heterocycles. The Bertz CT molecular complexity index is 382. The molecule has 0 radical (unpaired) electrons. The van der Waals surface area contributed by atoms with Gasteiger partial charge in [0.15, 0.2) is 18.2 Å². The summed E-state index contributed by atoms with van der Waals surface area (Å²) in [6.45, 7) is 0. The van der Waals surface area contributed by atoms with Crippen LogP contribution in [-0.4, -0.2) is 16.8 Å². The summed E-state index contributed by atoms with van der Waals surface area (Å²) in [5.74, 6) is 0. The molecule has 2 nitrogen and oxygen atoms in total. The zero-order chi connectivity index (χ0) is 10.1. The number of hydrogen-bond acceptors (Lipinski definition) is 2. The molecule has 2 aliphatic rings. The van der Waals surface area contributed by atoms with Gasteiger partial charge in [-0.15, -0.1) is 0 Å². The first-order valence-corrected chi connectivity index (χ1v) is 6.45. The molecule has 0 aliphatic carbocycles. The Morgan fingerprint density at radius 2 is 1.31 bits per heavy atom. The molecule has 0 N–H and O–H groups in total. The fraction of sp³-hybridized carbons (Fsp3) is 0.667. The average molecular weight is 282 g/mol. The maximum atomic E-state index is 11.7. The van der Waals surface area contributed by atoms with E-state index in [2.05, 4.69) is 0 Å². The number of halogens is 4. The molecule has 1 saturated heterocycles. The highest BCUT2D eigenvalue weighted by Crippen LogP contribution is 2.65. The lowest BCUT2D eigenvalue weighted by Gasteiger charge is -2.15. The Labute approximate surface area is 95.7 Å². The second kappa shape index (κ2) is 2.50. The smallest absolute Gasteiger partial charge is 0.199 e. The van der Waals surface area contributed by atoms with Crippen molar-refractivity contribution in [2.24, 2.45) is 0 Å². The van der Waals surface area contributed by atoms with Crippen molar-refractivity contribution in [1.29, 1.82) is 0 Å². The van der Waals surface area contributed by atoms with E-state index in [1.165, 1.54) is 0 Å². The van der Waals surface area contributed by atoms with Crippen LogP contribution in [0.3, 0.4) is 0 Å². The molecule has 2 aliphatic heterocycles. The van der Waals surface area contributed by atoms with Crippen LogP contribution < -0.4 is 0 Å². The SMILES string of the molecule is O=S1(=O)C2(Cl)CCC1(Cl)C(Cl)=C2Cl. The molecule has 2 bridgehead atoms. The Morgan fingerprint density at radius 1 is 1.00 bits per heavy atom. The second-order valence-corrected chi connectivity index (χ2v) is 7.98. The van der Waals surface area contributed by atoms with E-state index < -0.39 is 18.2 Å². The first kappa shape index (κ1) is 10.4. The topological polar surface area (TPSA) is 34.1 Å². The van der Waals surface area contributed by atoms with Crippen LogP contribution in [0.25, 0.3) is 0 Å². The van der Waals surface area contributed by atoms with E-state index in [4.69, 9.17) is 46.4 Å². The Balaban J connectivity index is 2.82. The van der Waals surface area contributed by atoms with Gasteiger partial charge in [0, 0.05) is 0 Å². The van der Waals surface area contributed by atoms with E-state index in [-0.39, 0.29) is 22.9 Å². The lowest BCUT2D eigenvalue weighted by molar-refractivity contribution is 0.589. The van der Waals surface area contributed by atoms with Gasteiger partial charge < -0.3 is 0 Å². The third kappa shape index (κ3) is 0.864. The maximum absolute atomic E-state index is 11.7. The molecule has 2 rings (SSSR count). The van der Waals surface area contributed by atoms with Gasteiger partial charge in [0.1, 0.15) is 0 Å². The average Bonchev–Trinajstić information content (AvgIpc) is 2.28. The van der Waals surface area contributed by atoms with Gasteiger partial charge in [0.2, 0.25) is 0 Å². The molecule has 74 valence electrons. The quantitative estimate of drug-likeness (QED) is 0.640. The molecule has 0 amide bonds. The fourth-order valence-electron chi connectivity index (χ4n) is 1.63. The molecule has 1 fully saturated rings. The van der Waals surface area contributed by atoms with E-state index in [0.717, 1.165) is 0 Å². The van der Waals surface area contributed by atoms with Crippen molar-refractivity contribution in [1.82, 2.24) is 0 Å². The summed E-state index contributed by atoms with van der Waals surface area (Å²) in [5, 5.41) is -0.0887. The summed E-state index contributed by atoms with van der Waals surface area (Å²) >= 11 is 23.2. The van der Waals surface area contributed by atoms with Crippen LogP contribution in [0.4, 0.5) is 0 Å². The summed E-state index contributed by atoms with van der Waals surface area (Å²) in [5.41, 5.74) is 0. The van der Waals surface area contributed by atoms with Crippen molar-refractivity contribution >= 4 is 56.2 Å². The lowest BCUT2D eigenvalue weighted by atomic mass is 10.1. The highest BCUT2D eigenvalue weighted by Gasteiger charge is 2.70. The van der Waals surface area contributed by atoms with Crippen LogP contribution in [0.2, 0.25) is 0 Å². The molecule has 0 aromatic rings. The molecule has 2 atom stereocenters. The minimum absolute atomic E-state index is 0.0444. The number of hydrogen-bond donors (Lipinski definition) is 0. The Hall–Kier alpha value is 0.850. The van der Waals surface area contributed by atoms with Crippen LogP contribution >= 0.6 is 46.4 Å². The van der Waals surface area contributed by atoms with Gasteiger partial charge in [0.25, 0.3) is 0 Å². The fourth-order valence-corrected chi connectivity index (χ4v) is 6.18. The monoisotopic (exact) mass is 280 g/mol. The van der Waals surface area contributed by atoms with E-state index in [1.54, 1.807) is 0 Å². The molecule has 0 spiro atoms. The highest BCUT2D eigenvalue weighted by molar-refractivity contribution is 7.98. The largest absolute Gasteiger partial charge is 0.224 e. The summed E-state index contributed by atoms with van der Waals surface area (Å²) in [6, 6.07) is 0. The zero-order valence-corrected chi connectivity index (χ0v) is 9.99. The summed E-state index contributed by atoms with van der Waals surface area (Å²) < 4.78 is 20.3. The van der Waals surface area contributed by atoms with Crippen molar-refractivity contribution in [3.63, 3.8) is 0 Å². The molecule has 7 heteroatoms. The lowest BCUT2D eigenvalue weighted by Crippen LogP contribution is -2.30. The van der Waals surface area contributed by atoms with E-state index in [1.807, 2.05) is 0 Å². The van der Waals surface area contributed by atoms with Crippen molar-refractivity contribution in [3.8, 4) is 0 Å². The first-order chi connectivity index (χ1) is 5.77. The van der Waals surface area contributed by atoms with Gasteiger partial charge in [-0.25, -0.2) is 8.42 Å². The summed E-state index contributed by atoms with van der Waals surface area (Å²) in [4.78, 5) is 0. The Morgan fingerprint density at radius 3 is 1.46 bits per heavy atom. The third-order valence-corrected chi connectivity index (χ3v) is 8.50. The Kier molecular flexibility index (Phi) is 2.00. The standard InChI is InChI=1S/C6H4Cl4O2S/c7-3-4(8)6(10)2-1-5(3,9)13(6,11)12/h1-2H2. The van der Waals surface area contributed by atoms with Crippen LogP contribution in [-0.2, 0) is 9.84 Å². The molecule has 0 aromatic carbocycles. The minimum atomic E-state index is -3.70. The van der Waals surface area contributed by atoms with Crippen molar-refractivity contribution in [2.75, 3.05) is 0 Å². The molecule has 13 heavy (non-hydrogen) atoms. The molecular weight excluding hydrogens is 278 g/mol. The van der Waals surface area contributed by atoms with Crippen molar-refractivity contribution in [3.05, 3.63) is 10.1 Å². The maximum Gasteiger partial charge on any atom is 0.199 e. The van der Waals surface area contributed by atoms with Crippen LogP contribution in [0.1, 0.15) is 12.8 Å². The van der Waals surface area contributed by atoms with Gasteiger partial charge in [-0.05, 0) is 12.8 Å². The van der Waals surface area contributed by atoms with Crippen LogP contribution in [0.15, 0.2) is 10.1 Å². The van der Waals surface area contributed by atoms with Crippen LogP contribution in [0, 0.1) is 0 Å². The third-order valence-electron chi connectivity index (χ3n) is 2.47. The van der Waals surface area contributed by atoms with Crippen LogP contribution in [0.5, 0.6) is 0 Å². The van der Waals surface area contributed by atoms with Crippen molar-refractivity contribution in [2.45, 2.75) is 21.3 Å². The number of rotatable bonds is 0. The minimum Gasteiger partial charge on any atom is -0.224 e. The predicted octanol–water partition coefficient (Wildman–Crippen LogP) is 2.77. The zero-order valence-electron chi connectivity index (χ0n) is 6.15. The predicted molar refractivity (Wildman–Crippen MR) is 54.1 cm³/mol. The molecule has 0 saturated carbocycles. The summed E-state index contributed by atoms with van der Waals surface area (Å²) in [7, 11) is -3.70. The molecule has 0 aromatic heterocycles. The first-order valence-electron chi connectivity index (χ1n) is 3.45. The molecular formula is C6H4Cl4O2S. The number of sulfone groups is 1. The number of fused-ring (bicyclic) bond motifs is 2. The van der Waals surface area contributed by atoms with Gasteiger partial charge in [0.05, 0.1) is 10.1 Å². The second-order valence-electron chi connectivity index (χ2n) is 3.09. The van der Waals surface area contributed by atoms with Gasteiger partial charge >= 0.3 is 0 Å². The molecule has 2 unspecified atom stereocenters. The van der Waals surface area contributed by atoms with E-state index in [0.29, 0.717) is 0 Å². The van der Waals surface area contributed by atoms with Gasteiger partial charge in [-0.1, -0.05) is 46.4 Å². The normalized spacial score (nSPS) is 47.4. The highest BCUT2D eigenvalue weighted by atomic mass is 35.5. The van der Waals surface area contributed by atoms with E-state index >= 15 is 0 Å².